The van der Waals surface area contributed by atoms with Crippen molar-refractivity contribution in [3.05, 3.63) is 0 Å². The monoisotopic (exact) mass is 187 g/mol. The summed E-state index contributed by atoms with van der Waals surface area (Å²) in [5.41, 5.74) is -0.482. The second-order valence-electron chi connectivity index (χ2n) is 4.07. The summed E-state index contributed by atoms with van der Waals surface area (Å²) < 4.78 is 5.28. The van der Waals surface area contributed by atoms with Crippen molar-refractivity contribution in [2.45, 2.75) is 32.3 Å². The summed E-state index contributed by atoms with van der Waals surface area (Å²) in [5, 5.41) is 9.82. The van der Waals surface area contributed by atoms with Crippen LogP contribution >= 0.6 is 0 Å². The zero-order valence-corrected chi connectivity index (χ0v) is 8.75. The van der Waals surface area contributed by atoms with Crippen LogP contribution in [0.3, 0.4) is 0 Å². The van der Waals surface area contributed by atoms with Gasteiger partial charge >= 0.3 is 0 Å². The molecule has 13 heavy (non-hydrogen) atoms. The summed E-state index contributed by atoms with van der Waals surface area (Å²) in [6.45, 7) is 8.33. The van der Waals surface area contributed by atoms with Crippen molar-refractivity contribution >= 4 is 0 Å². The van der Waals surface area contributed by atoms with Gasteiger partial charge < -0.3 is 9.84 Å². The molecule has 0 aromatic carbocycles. The Hall–Kier alpha value is -0.120. The lowest BCUT2D eigenvalue weighted by Crippen LogP contribution is -2.47. The predicted octanol–water partition coefficient (Wildman–Crippen LogP) is 0.870. The van der Waals surface area contributed by atoms with E-state index in [9.17, 15) is 5.11 Å². The molecular weight excluding hydrogens is 166 g/mol. The SMILES string of the molecule is CCOCCN1CCCC(C)(O)C1. The molecule has 1 heterocycles. The Labute approximate surface area is 80.7 Å². The van der Waals surface area contributed by atoms with Crippen molar-refractivity contribution in [1.29, 1.82) is 0 Å². The highest BCUT2D eigenvalue weighted by molar-refractivity contribution is 4.82. The Bertz CT molecular complexity index is 148. The number of hydrogen-bond donors (Lipinski definition) is 1. The predicted molar refractivity (Wildman–Crippen MR) is 52.8 cm³/mol. The van der Waals surface area contributed by atoms with Crippen molar-refractivity contribution in [3.8, 4) is 0 Å². The Balaban J connectivity index is 2.19. The molecule has 0 aromatic rings. The molecule has 1 aliphatic heterocycles. The molecule has 1 fully saturated rings. The van der Waals surface area contributed by atoms with Crippen LogP contribution in [0.4, 0.5) is 0 Å². The molecule has 1 saturated heterocycles. The molecule has 1 rings (SSSR count). The van der Waals surface area contributed by atoms with Gasteiger partial charge in [0.1, 0.15) is 0 Å². The first-order chi connectivity index (χ1) is 6.14. The molecule has 0 bridgehead atoms. The van der Waals surface area contributed by atoms with E-state index in [4.69, 9.17) is 4.74 Å². The highest BCUT2D eigenvalue weighted by Gasteiger charge is 2.27. The molecule has 0 saturated carbocycles. The standard InChI is InChI=1S/C10H21NO2/c1-3-13-8-7-11-6-4-5-10(2,12)9-11/h12H,3-9H2,1-2H3. The van der Waals surface area contributed by atoms with Crippen molar-refractivity contribution < 1.29 is 9.84 Å². The average molecular weight is 187 g/mol. The third-order valence-corrected chi connectivity index (χ3v) is 2.51. The van der Waals surface area contributed by atoms with E-state index >= 15 is 0 Å². The number of rotatable bonds is 4. The van der Waals surface area contributed by atoms with Gasteiger partial charge in [0.05, 0.1) is 12.2 Å². The van der Waals surface area contributed by atoms with E-state index in [0.29, 0.717) is 0 Å². The van der Waals surface area contributed by atoms with Crippen LogP contribution in [-0.4, -0.2) is 48.5 Å². The molecule has 1 atom stereocenters. The van der Waals surface area contributed by atoms with E-state index in [2.05, 4.69) is 4.90 Å². The summed E-state index contributed by atoms with van der Waals surface area (Å²) in [7, 11) is 0. The Morgan fingerprint density at radius 3 is 2.92 bits per heavy atom. The molecule has 3 nitrogen and oxygen atoms in total. The van der Waals surface area contributed by atoms with Crippen molar-refractivity contribution in [2.75, 3.05) is 32.8 Å². The molecule has 78 valence electrons. The van der Waals surface area contributed by atoms with E-state index in [1.165, 1.54) is 0 Å². The molecule has 0 radical (unpaired) electrons. The highest BCUT2D eigenvalue weighted by atomic mass is 16.5. The van der Waals surface area contributed by atoms with Gasteiger partial charge in [0.2, 0.25) is 0 Å². The van der Waals surface area contributed by atoms with Gasteiger partial charge in [-0.15, -0.1) is 0 Å². The lowest BCUT2D eigenvalue weighted by atomic mass is 9.95. The number of hydrogen-bond acceptors (Lipinski definition) is 3. The molecule has 0 amide bonds. The van der Waals surface area contributed by atoms with E-state index in [1.807, 2.05) is 13.8 Å². The van der Waals surface area contributed by atoms with E-state index in [0.717, 1.165) is 45.7 Å². The summed E-state index contributed by atoms with van der Waals surface area (Å²) in [4.78, 5) is 2.28. The fraction of sp³-hybridized carbons (Fsp3) is 1.00. The second kappa shape index (κ2) is 4.94. The molecule has 0 aromatic heterocycles. The maximum absolute atomic E-state index is 9.82. The van der Waals surface area contributed by atoms with Gasteiger partial charge in [-0.3, -0.25) is 4.90 Å². The fourth-order valence-corrected chi connectivity index (χ4v) is 1.85. The average Bonchev–Trinajstić information content (AvgIpc) is 2.03. The maximum Gasteiger partial charge on any atom is 0.0746 e. The smallest absolute Gasteiger partial charge is 0.0746 e. The number of aliphatic hydroxyl groups is 1. The Morgan fingerprint density at radius 2 is 2.31 bits per heavy atom. The van der Waals surface area contributed by atoms with Crippen molar-refractivity contribution in [2.24, 2.45) is 0 Å². The third kappa shape index (κ3) is 4.07. The van der Waals surface area contributed by atoms with Crippen LogP contribution in [0.2, 0.25) is 0 Å². The van der Waals surface area contributed by atoms with Crippen molar-refractivity contribution in [1.82, 2.24) is 4.90 Å². The fourth-order valence-electron chi connectivity index (χ4n) is 1.85. The number of likely N-dealkylation sites (tertiary alicyclic amines) is 1. The van der Waals surface area contributed by atoms with E-state index in [1.54, 1.807) is 0 Å². The molecular formula is C10H21NO2. The van der Waals surface area contributed by atoms with Crippen LogP contribution in [0.5, 0.6) is 0 Å². The zero-order chi connectivity index (χ0) is 9.73. The molecule has 1 N–H and O–H groups in total. The lowest BCUT2D eigenvalue weighted by molar-refractivity contribution is -0.0230. The van der Waals surface area contributed by atoms with E-state index < -0.39 is 5.60 Å². The minimum absolute atomic E-state index is 0.482. The van der Waals surface area contributed by atoms with Gasteiger partial charge in [-0.1, -0.05) is 0 Å². The summed E-state index contributed by atoms with van der Waals surface area (Å²) in [6.07, 6.45) is 2.03. The Kier molecular flexibility index (Phi) is 4.16. The summed E-state index contributed by atoms with van der Waals surface area (Å²) in [5.74, 6) is 0. The quantitative estimate of drug-likeness (QED) is 0.663. The summed E-state index contributed by atoms with van der Waals surface area (Å²) >= 11 is 0. The van der Waals surface area contributed by atoms with Crippen LogP contribution in [-0.2, 0) is 4.74 Å². The molecule has 0 aliphatic carbocycles. The normalized spacial score (nSPS) is 30.7. The number of nitrogens with zero attached hydrogens (tertiary/aromatic N) is 1. The zero-order valence-electron chi connectivity index (χ0n) is 8.75. The minimum atomic E-state index is -0.482. The Morgan fingerprint density at radius 1 is 1.54 bits per heavy atom. The third-order valence-electron chi connectivity index (χ3n) is 2.51. The topological polar surface area (TPSA) is 32.7 Å². The largest absolute Gasteiger partial charge is 0.389 e. The van der Waals surface area contributed by atoms with Gasteiger partial charge in [-0.25, -0.2) is 0 Å². The number of piperidine rings is 1. The first kappa shape index (κ1) is 11.0. The second-order valence-corrected chi connectivity index (χ2v) is 4.07. The van der Waals surface area contributed by atoms with E-state index in [-0.39, 0.29) is 0 Å². The first-order valence-corrected chi connectivity index (χ1v) is 5.16. The highest BCUT2D eigenvalue weighted by Crippen LogP contribution is 2.19. The van der Waals surface area contributed by atoms with Crippen molar-refractivity contribution in [3.63, 3.8) is 0 Å². The lowest BCUT2D eigenvalue weighted by Gasteiger charge is -2.36. The molecule has 3 heteroatoms. The van der Waals surface area contributed by atoms with Gasteiger partial charge in [0, 0.05) is 19.7 Å². The molecule has 0 spiro atoms. The number of ether oxygens (including phenoxy) is 1. The van der Waals surface area contributed by atoms with Crippen LogP contribution in [0.1, 0.15) is 26.7 Å². The van der Waals surface area contributed by atoms with Gasteiger partial charge in [0.15, 0.2) is 0 Å². The van der Waals surface area contributed by atoms with Crippen LogP contribution in [0.25, 0.3) is 0 Å². The summed E-state index contributed by atoms with van der Waals surface area (Å²) in [6, 6.07) is 0. The van der Waals surface area contributed by atoms with Crippen LogP contribution < -0.4 is 0 Å². The minimum Gasteiger partial charge on any atom is -0.389 e. The molecule has 1 aliphatic rings. The molecule has 1 unspecified atom stereocenters. The van der Waals surface area contributed by atoms with Gasteiger partial charge in [-0.2, -0.15) is 0 Å². The van der Waals surface area contributed by atoms with Crippen LogP contribution in [0.15, 0.2) is 0 Å². The van der Waals surface area contributed by atoms with Gasteiger partial charge in [-0.05, 0) is 33.2 Å². The van der Waals surface area contributed by atoms with Crippen LogP contribution in [0, 0.1) is 0 Å². The number of β-amino-alcohol motifs (C(OH)–C–C–N with tert-alkyl or cyclic N) is 1. The van der Waals surface area contributed by atoms with Gasteiger partial charge in [0.25, 0.3) is 0 Å². The maximum atomic E-state index is 9.82. The first-order valence-electron chi connectivity index (χ1n) is 5.16.